The van der Waals surface area contributed by atoms with Gasteiger partial charge in [0.15, 0.2) is 0 Å². The highest BCUT2D eigenvalue weighted by atomic mass is 19.1. The molecule has 1 aromatic heterocycles. The van der Waals surface area contributed by atoms with Crippen molar-refractivity contribution in [2.45, 2.75) is 13.3 Å². The average molecular weight is 308 g/mol. The lowest BCUT2D eigenvalue weighted by Gasteiger charge is -2.11. The van der Waals surface area contributed by atoms with E-state index in [2.05, 4.69) is 20.6 Å². The summed E-state index contributed by atoms with van der Waals surface area (Å²) in [5.41, 5.74) is 0.418. The first kappa shape index (κ1) is 16.1. The maximum atomic E-state index is 13.6. The van der Waals surface area contributed by atoms with Crippen molar-refractivity contribution in [1.29, 1.82) is 0 Å². The second-order valence-corrected chi connectivity index (χ2v) is 4.71. The average Bonchev–Trinajstić information content (AvgIpc) is 2.47. The molecule has 0 atom stereocenters. The normalized spacial score (nSPS) is 10.5. The molecular weight excluding hydrogens is 290 g/mol. The van der Waals surface area contributed by atoms with Gasteiger partial charge in [-0.2, -0.15) is 4.98 Å². The lowest BCUT2D eigenvalue weighted by Crippen LogP contribution is -2.09. The number of ether oxygens (including phenoxy) is 1. The Morgan fingerprint density at radius 3 is 2.59 bits per heavy atom. The zero-order chi connectivity index (χ0) is 15.9. The minimum Gasteiger partial charge on any atom is -0.385 e. The van der Waals surface area contributed by atoms with Crippen LogP contribution in [0.1, 0.15) is 12.1 Å². The van der Waals surface area contributed by atoms with Crippen LogP contribution in [-0.4, -0.2) is 30.2 Å². The summed E-state index contributed by atoms with van der Waals surface area (Å²) in [5, 5.41) is 5.70. The summed E-state index contributed by atoms with van der Waals surface area (Å²) in [7, 11) is 1.64. The van der Waals surface area contributed by atoms with E-state index < -0.39 is 11.6 Å². The number of methoxy groups -OCH3 is 1. The van der Waals surface area contributed by atoms with Gasteiger partial charge in [0.05, 0.1) is 0 Å². The third-order valence-electron chi connectivity index (χ3n) is 2.89. The van der Waals surface area contributed by atoms with Crippen LogP contribution in [0.5, 0.6) is 0 Å². The van der Waals surface area contributed by atoms with Crippen molar-refractivity contribution in [3.63, 3.8) is 0 Å². The van der Waals surface area contributed by atoms with Crippen LogP contribution in [0, 0.1) is 18.6 Å². The van der Waals surface area contributed by atoms with E-state index in [0.29, 0.717) is 24.7 Å². The smallest absolute Gasteiger partial charge is 0.229 e. The van der Waals surface area contributed by atoms with Crippen LogP contribution < -0.4 is 10.6 Å². The minimum atomic E-state index is -0.695. The molecule has 1 aromatic carbocycles. The Kier molecular flexibility index (Phi) is 5.60. The predicted molar refractivity (Wildman–Crippen MR) is 81.4 cm³/mol. The van der Waals surface area contributed by atoms with Gasteiger partial charge in [-0.1, -0.05) is 6.07 Å². The van der Waals surface area contributed by atoms with E-state index in [1.54, 1.807) is 20.1 Å². The number of anilines is 3. The third-order valence-corrected chi connectivity index (χ3v) is 2.89. The molecule has 7 heteroatoms. The van der Waals surface area contributed by atoms with Gasteiger partial charge in [-0.25, -0.2) is 13.8 Å². The molecule has 2 N–H and O–H groups in total. The fraction of sp³-hybridized carbons (Fsp3) is 0.333. The van der Waals surface area contributed by atoms with Gasteiger partial charge in [-0.15, -0.1) is 0 Å². The maximum Gasteiger partial charge on any atom is 0.229 e. The molecule has 0 unspecified atom stereocenters. The lowest BCUT2D eigenvalue weighted by molar-refractivity contribution is 0.198. The summed E-state index contributed by atoms with van der Waals surface area (Å²) in [4.78, 5) is 8.34. The number of hydrogen-bond acceptors (Lipinski definition) is 5. The SMILES string of the molecule is COCCCNc1cc(C)nc(Nc2c(F)cccc2F)n1. The fourth-order valence-corrected chi connectivity index (χ4v) is 1.88. The number of hydrogen-bond donors (Lipinski definition) is 2. The van der Waals surface area contributed by atoms with Crippen LogP contribution in [-0.2, 0) is 4.74 Å². The zero-order valence-electron chi connectivity index (χ0n) is 12.5. The van der Waals surface area contributed by atoms with E-state index in [4.69, 9.17) is 4.74 Å². The van der Waals surface area contributed by atoms with Gasteiger partial charge in [0.25, 0.3) is 0 Å². The van der Waals surface area contributed by atoms with E-state index in [0.717, 1.165) is 6.42 Å². The highest BCUT2D eigenvalue weighted by Crippen LogP contribution is 2.22. The molecule has 0 aliphatic carbocycles. The number of aromatic nitrogens is 2. The monoisotopic (exact) mass is 308 g/mol. The van der Waals surface area contributed by atoms with E-state index in [9.17, 15) is 8.78 Å². The van der Waals surface area contributed by atoms with E-state index >= 15 is 0 Å². The number of nitrogens with zero attached hydrogens (tertiary/aromatic N) is 2. The molecule has 0 aliphatic heterocycles. The van der Waals surface area contributed by atoms with E-state index in [-0.39, 0.29) is 11.6 Å². The summed E-state index contributed by atoms with van der Waals surface area (Å²) in [5.74, 6) is -0.666. The van der Waals surface area contributed by atoms with Crippen LogP contribution in [0.4, 0.5) is 26.2 Å². The molecule has 0 saturated heterocycles. The maximum absolute atomic E-state index is 13.6. The molecular formula is C15H18F2N4O. The van der Waals surface area contributed by atoms with Gasteiger partial charge in [-0.3, -0.25) is 0 Å². The highest BCUT2D eigenvalue weighted by molar-refractivity contribution is 5.56. The number of benzene rings is 1. The third kappa shape index (κ3) is 4.36. The first-order valence-electron chi connectivity index (χ1n) is 6.89. The molecule has 0 fully saturated rings. The zero-order valence-corrected chi connectivity index (χ0v) is 12.5. The Morgan fingerprint density at radius 2 is 1.91 bits per heavy atom. The highest BCUT2D eigenvalue weighted by Gasteiger charge is 2.10. The van der Waals surface area contributed by atoms with E-state index in [1.807, 2.05) is 0 Å². The van der Waals surface area contributed by atoms with Crippen molar-refractivity contribution in [2.24, 2.45) is 0 Å². The van der Waals surface area contributed by atoms with E-state index in [1.165, 1.54) is 18.2 Å². The van der Waals surface area contributed by atoms with Gasteiger partial charge >= 0.3 is 0 Å². The van der Waals surface area contributed by atoms with Crippen molar-refractivity contribution in [3.05, 3.63) is 41.6 Å². The van der Waals surface area contributed by atoms with Crippen LogP contribution in [0.25, 0.3) is 0 Å². The molecule has 1 heterocycles. The molecule has 5 nitrogen and oxygen atoms in total. The molecule has 0 spiro atoms. The molecule has 0 saturated carbocycles. The Morgan fingerprint density at radius 1 is 1.18 bits per heavy atom. The minimum absolute atomic E-state index is 0.137. The van der Waals surface area contributed by atoms with Gasteiger partial charge in [0.1, 0.15) is 23.1 Å². The van der Waals surface area contributed by atoms with Gasteiger partial charge in [0, 0.05) is 32.0 Å². The summed E-state index contributed by atoms with van der Waals surface area (Å²) in [6.45, 7) is 3.10. The molecule has 0 radical (unpaired) electrons. The first-order chi connectivity index (χ1) is 10.6. The molecule has 2 aromatic rings. The molecule has 0 bridgehead atoms. The van der Waals surface area contributed by atoms with Crippen LogP contribution in [0.15, 0.2) is 24.3 Å². The summed E-state index contributed by atoms with van der Waals surface area (Å²) < 4.78 is 32.2. The summed E-state index contributed by atoms with van der Waals surface area (Å²) in [6.07, 6.45) is 0.824. The topological polar surface area (TPSA) is 59.1 Å². The number of aryl methyl sites for hydroxylation is 1. The van der Waals surface area contributed by atoms with Crippen molar-refractivity contribution < 1.29 is 13.5 Å². The largest absolute Gasteiger partial charge is 0.385 e. The molecule has 118 valence electrons. The second kappa shape index (κ2) is 7.65. The van der Waals surface area contributed by atoms with Crippen molar-refractivity contribution in [2.75, 3.05) is 30.9 Å². The number of nitrogens with one attached hydrogen (secondary N) is 2. The van der Waals surface area contributed by atoms with Crippen LogP contribution in [0.2, 0.25) is 0 Å². The Hall–Kier alpha value is -2.28. The number of para-hydroxylation sites is 1. The summed E-state index contributed by atoms with van der Waals surface area (Å²) in [6, 6.07) is 5.40. The van der Waals surface area contributed by atoms with Gasteiger partial charge < -0.3 is 15.4 Å². The van der Waals surface area contributed by atoms with Crippen LogP contribution >= 0.6 is 0 Å². The fourth-order valence-electron chi connectivity index (χ4n) is 1.88. The lowest BCUT2D eigenvalue weighted by atomic mass is 10.3. The predicted octanol–water partition coefficient (Wildman–Crippen LogP) is 3.26. The van der Waals surface area contributed by atoms with Gasteiger partial charge in [0.2, 0.25) is 5.95 Å². The molecule has 22 heavy (non-hydrogen) atoms. The quantitative estimate of drug-likeness (QED) is 0.769. The number of halogens is 2. The molecule has 0 aliphatic rings. The molecule has 0 amide bonds. The first-order valence-corrected chi connectivity index (χ1v) is 6.89. The Labute approximate surface area is 127 Å². The van der Waals surface area contributed by atoms with Crippen molar-refractivity contribution in [1.82, 2.24) is 9.97 Å². The summed E-state index contributed by atoms with van der Waals surface area (Å²) >= 11 is 0. The molecule has 2 rings (SSSR count). The number of rotatable bonds is 7. The van der Waals surface area contributed by atoms with Crippen molar-refractivity contribution >= 4 is 17.5 Å². The van der Waals surface area contributed by atoms with Crippen LogP contribution in [0.3, 0.4) is 0 Å². The van der Waals surface area contributed by atoms with Gasteiger partial charge in [-0.05, 0) is 25.5 Å². The second-order valence-electron chi connectivity index (χ2n) is 4.71. The van der Waals surface area contributed by atoms with Crippen molar-refractivity contribution in [3.8, 4) is 0 Å². The Bertz CT molecular complexity index is 617. The Balaban J connectivity index is 2.12. The standard InChI is InChI=1S/C15H18F2N4O/c1-10-9-13(18-7-4-8-22-2)20-15(19-10)21-14-11(16)5-3-6-12(14)17/h3,5-6,9H,4,7-8H2,1-2H3,(H2,18,19,20,21).